The molecule has 0 amide bonds. The zero-order chi connectivity index (χ0) is 15.9. The molecule has 1 aromatic carbocycles. The van der Waals surface area contributed by atoms with Gasteiger partial charge in [-0.3, -0.25) is 0 Å². The maximum atomic E-state index is 13.6. The van der Waals surface area contributed by atoms with E-state index in [2.05, 4.69) is 26.1 Å². The first-order valence-electron chi connectivity index (χ1n) is 7.78. The highest BCUT2D eigenvalue weighted by molar-refractivity contribution is 6.31. The molecule has 0 bridgehead atoms. The lowest BCUT2D eigenvalue weighted by atomic mass is 9.88. The summed E-state index contributed by atoms with van der Waals surface area (Å²) in [6, 6.07) is 5.08. The van der Waals surface area contributed by atoms with Gasteiger partial charge >= 0.3 is 0 Å². The summed E-state index contributed by atoms with van der Waals surface area (Å²) in [5.74, 6) is -0.363. The molecule has 0 aliphatic carbocycles. The van der Waals surface area contributed by atoms with Crippen LogP contribution in [0.2, 0.25) is 5.02 Å². The second-order valence-electron chi connectivity index (χ2n) is 5.52. The standard InChI is InChI=1S/C17H27ClFNO/c1-5-11-20-15(17(4,6-2)21-7-3)12-13-9-8-10-14(19)16(13)18/h8-10,15,20H,5-7,11-12H2,1-4H3. The molecule has 120 valence electrons. The Bertz CT molecular complexity index is 441. The van der Waals surface area contributed by atoms with E-state index >= 15 is 0 Å². The zero-order valence-electron chi connectivity index (χ0n) is 13.5. The topological polar surface area (TPSA) is 21.3 Å². The summed E-state index contributed by atoms with van der Waals surface area (Å²) in [5, 5.41) is 3.75. The second-order valence-corrected chi connectivity index (χ2v) is 5.90. The summed E-state index contributed by atoms with van der Waals surface area (Å²) >= 11 is 6.10. The van der Waals surface area contributed by atoms with E-state index in [4.69, 9.17) is 16.3 Å². The summed E-state index contributed by atoms with van der Waals surface area (Å²) in [4.78, 5) is 0. The van der Waals surface area contributed by atoms with Gasteiger partial charge < -0.3 is 10.1 Å². The molecule has 0 saturated carbocycles. The van der Waals surface area contributed by atoms with E-state index in [1.165, 1.54) is 6.07 Å². The van der Waals surface area contributed by atoms with Gasteiger partial charge in [-0.1, -0.05) is 37.6 Å². The Morgan fingerprint density at radius 3 is 2.62 bits per heavy atom. The largest absolute Gasteiger partial charge is 0.374 e. The van der Waals surface area contributed by atoms with Gasteiger partial charge in [0.15, 0.2) is 0 Å². The van der Waals surface area contributed by atoms with Crippen LogP contribution in [0.15, 0.2) is 18.2 Å². The summed E-state index contributed by atoms with van der Waals surface area (Å²) in [5.41, 5.74) is 0.532. The number of nitrogens with one attached hydrogen (secondary N) is 1. The molecule has 0 fully saturated rings. The van der Waals surface area contributed by atoms with Crippen LogP contribution in [-0.4, -0.2) is 24.8 Å². The molecule has 0 spiro atoms. The predicted octanol–water partition coefficient (Wildman–Crippen LogP) is 4.60. The Labute approximate surface area is 133 Å². The van der Waals surface area contributed by atoms with Crippen molar-refractivity contribution < 1.29 is 9.13 Å². The first-order valence-corrected chi connectivity index (χ1v) is 8.16. The molecule has 21 heavy (non-hydrogen) atoms. The van der Waals surface area contributed by atoms with Crippen molar-refractivity contribution in [1.29, 1.82) is 0 Å². The summed E-state index contributed by atoms with van der Waals surface area (Å²) < 4.78 is 19.6. The molecular formula is C17H27ClFNO. The van der Waals surface area contributed by atoms with E-state index in [0.29, 0.717) is 13.0 Å². The van der Waals surface area contributed by atoms with Crippen LogP contribution in [0.4, 0.5) is 4.39 Å². The molecule has 2 unspecified atom stereocenters. The van der Waals surface area contributed by atoms with Gasteiger partial charge in [-0.25, -0.2) is 4.39 Å². The van der Waals surface area contributed by atoms with E-state index in [1.807, 2.05) is 13.0 Å². The van der Waals surface area contributed by atoms with Crippen LogP contribution < -0.4 is 5.32 Å². The highest BCUT2D eigenvalue weighted by Crippen LogP contribution is 2.27. The summed E-state index contributed by atoms with van der Waals surface area (Å²) in [7, 11) is 0. The van der Waals surface area contributed by atoms with Crippen LogP contribution in [0.3, 0.4) is 0 Å². The lowest BCUT2D eigenvalue weighted by Crippen LogP contribution is -2.52. The first kappa shape index (κ1) is 18.4. The molecule has 1 aromatic rings. The molecule has 0 radical (unpaired) electrons. The Balaban J connectivity index is 2.99. The molecule has 2 atom stereocenters. The van der Waals surface area contributed by atoms with Gasteiger partial charge in [0, 0.05) is 12.6 Å². The Morgan fingerprint density at radius 2 is 2.05 bits per heavy atom. The van der Waals surface area contributed by atoms with Crippen molar-refractivity contribution in [2.45, 2.75) is 58.6 Å². The minimum absolute atomic E-state index is 0.0988. The van der Waals surface area contributed by atoms with Gasteiger partial charge in [-0.15, -0.1) is 0 Å². The first-order chi connectivity index (χ1) is 9.98. The highest BCUT2D eigenvalue weighted by atomic mass is 35.5. The monoisotopic (exact) mass is 315 g/mol. The van der Waals surface area contributed by atoms with Gasteiger partial charge in [-0.05, 0) is 51.3 Å². The van der Waals surface area contributed by atoms with E-state index in [0.717, 1.165) is 24.9 Å². The predicted molar refractivity (Wildman–Crippen MR) is 87.5 cm³/mol. The van der Waals surface area contributed by atoms with Crippen molar-refractivity contribution in [1.82, 2.24) is 5.32 Å². The lowest BCUT2D eigenvalue weighted by molar-refractivity contribution is -0.0549. The smallest absolute Gasteiger partial charge is 0.142 e. The summed E-state index contributed by atoms with van der Waals surface area (Å²) in [6.07, 6.45) is 2.58. The Morgan fingerprint density at radius 1 is 1.33 bits per heavy atom. The number of rotatable bonds is 9. The molecule has 4 heteroatoms. The number of benzene rings is 1. The maximum absolute atomic E-state index is 13.6. The average Bonchev–Trinajstić information content (AvgIpc) is 2.47. The van der Waals surface area contributed by atoms with Crippen LogP contribution in [0.1, 0.15) is 46.1 Å². The fourth-order valence-corrected chi connectivity index (χ4v) is 2.73. The van der Waals surface area contributed by atoms with Gasteiger partial charge in [-0.2, -0.15) is 0 Å². The van der Waals surface area contributed by atoms with Crippen molar-refractivity contribution in [3.05, 3.63) is 34.6 Å². The van der Waals surface area contributed by atoms with Gasteiger partial charge in [0.2, 0.25) is 0 Å². The van der Waals surface area contributed by atoms with Crippen molar-refractivity contribution in [3.8, 4) is 0 Å². The fraction of sp³-hybridized carbons (Fsp3) is 0.647. The van der Waals surface area contributed by atoms with Gasteiger partial charge in [0.25, 0.3) is 0 Å². The number of halogens is 2. The van der Waals surface area contributed by atoms with E-state index in [9.17, 15) is 4.39 Å². The molecule has 0 aromatic heterocycles. The molecule has 2 nitrogen and oxygen atoms in total. The zero-order valence-corrected chi connectivity index (χ0v) is 14.3. The highest BCUT2D eigenvalue weighted by Gasteiger charge is 2.33. The number of hydrogen-bond acceptors (Lipinski definition) is 2. The van der Waals surface area contributed by atoms with Gasteiger partial charge in [0.05, 0.1) is 10.6 Å². The molecular weight excluding hydrogens is 289 g/mol. The van der Waals surface area contributed by atoms with Crippen LogP contribution in [0.25, 0.3) is 0 Å². The van der Waals surface area contributed by atoms with E-state index in [-0.39, 0.29) is 22.5 Å². The van der Waals surface area contributed by atoms with Crippen LogP contribution >= 0.6 is 11.6 Å². The fourth-order valence-electron chi connectivity index (χ4n) is 2.53. The minimum Gasteiger partial charge on any atom is -0.374 e. The van der Waals surface area contributed by atoms with Crippen molar-refractivity contribution in [2.24, 2.45) is 0 Å². The third-order valence-electron chi connectivity index (χ3n) is 4.01. The molecule has 1 rings (SSSR count). The van der Waals surface area contributed by atoms with Crippen LogP contribution in [-0.2, 0) is 11.2 Å². The third kappa shape index (κ3) is 4.94. The molecule has 0 aliphatic rings. The van der Waals surface area contributed by atoms with E-state index < -0.39 is 0 Å². The lowest BCUT2D eigenvalue weighted by Gasteiger charge is -2.38. The van der Waals surface area contributed by atoms with Crippen molar-refractivity contribution >= 4 is 11.6 Å². The molecule has 0 heterocycles. The quantitative estimate of drug-likeness (QED) is 0.719. The normalized spacial score (nSPS) is 15.7. The Kier molecular flexibility index (Phi) is 7.64. The maximum Gasteiger partial charge on any atom is 0.142 e. The summed E-state index contributed by atoms with van der Waals surface area (Å²) in [6.45, 7) is 9.91. The van der Waals surface area contributed by atoms with Crippen LogP contribution in [0.5, 0.6) is 0 Å². The molecule has 0 saturated heterocycles. The van der Waals surface area contributed by atoms with Gasteiger partial charge in [0.1, 0.15) is 5.82 Å². The van der Waals surface area contributed by atoms with Crippen molar-refractivity contribution in [2.75, 3.05) is 13.2 Å². The second kappa shape index (κ2) is 8.72. The average molecular weight is 316 g/mol. The number of ether oxygens (including phenoxy) is 1. The third-order valence-corrected chi connectivity index (χ3v) is 4.43. The minimum atomic E-state index is -0.363. The molecule has 1 N–H and O–H groups in total. The number of hydrogen-bond donors (Lipinski definition) is 1. The molecule has 0 aliphatic heterocycles. The SMILES string of the molecule is CCCNC(Cc1cccc(F)c1Cl)C(C)(CC)OCC. The van der Waals surface area contributed by atoms with Crippen LogP contribution in [0, 0.1) is 5.82 Å². The van der Waals surface area contributed by atoms with E-state index in [1.54, 1.807) is 6.07 Å². The van der Waals surface area contributed by atoms with Crippen molar-refractivity contribution in [3.63, 3.8) is 0 Å². The Hall–Kier alpha value is -0.640.